The highest BCUT2D eigenvalue weighted by Gasteiger charge is 2.41. The van der Waals surface area contributed by atoms with Gasteiger partial charge in [0, 0.05) is 19.2 Å². The van der Waals surface area contributed by atoms with Gasteiger partial charge in [-0.15, -0.1) is 0 Å². The van der Waals surface area contributed by atoms with Crippen LogP contribution in [0.1, 0.15) is 36.8 Å². The van der Waals surface area contributed by atoms with Gasteiger partial charge in [0.2, 0.25) is 10.0 Å². The Morgan fingerprint density at radius 2 is 1.96 bits per heavy atom. The fourth-order valence-electron chi connectivity index (χ4n) is 4.20. The third-order valence-corrected chi connectivity index (χ3v) is 9.48. The number of rotatable bonds is 5. The molecule has 0 bridgehead atoms. The number of fused-ring (bicyclic) bond motifs is 1. The molecule has 8 heteroatoms. The van der Waals surface area contributed by atoms with Gasteiger partial charge in [-0.25, -0.2) is 16.8 Å². The first kappa shape index (κ1) is 19.1. The average Bonchev–Trinajstić information content (AvgIpc) is 3.28. The van der Waals surface area contributed by atoms with Crippen molar-refractivity contribution >= 4 is 25.9 Å². The Labute approximate surface area is 161 Å². The first-order valence-electron chi connectivity index (χ1n) is 9.47. The van der Waals surface area contributed by atoms with Crippen LogP contribution in [-0.4, -0.2) is 57.9 Å². The van der Waals surface area contributed by atoms with Crippen LogP contribution in [0.3, 0.4) is 0 Å². The Bertz CT molecular complexity index is 946. The molecule has 2 saturated heterocycles. The molecule has 0 amide bonds. The van der Waals surface area contributed by atoms with Crippen LogP contribution in [0.25, 0.3) is 6.08 Å². The molecule has 6 nitrogen and oxygen atoms in total. The summed E-state index contributed by atoms with van der Waals surface area (Å²) in [4.78, 5) is 0.378. The molecule has 4 rings (SSSR count). The molecule has 2 heterocycles. The minimum Gasteiger partial charge on any atom is -0.377 e. The minimum atomic E-state index is -3.74. The second-order valence-corrected chi connectivity index (χ2v) is 11.7. The van der Waals surface area contributed by atoms with Crippen molar-refractivity contribution in [2.75, 3.05) is 24.7 Å². The van der Waals surface area contributed by atoms with E-state index in [1.54, 1.807) is 6.08 Å². The molecule has 1 aromatic rings. The lowest BCUT2D eigenvalue weighted by atomic mass is 9.98. The zero-order valence-electron chi connectivity index (χ0n) is 15.2. The molecule has 27 heavy (non-hydrogen) atoms. The molecule has 0 saturated carbocycles. The zero-order valence-corrected chi connectivity index (χ0v) is 16.8. The number of ether oxygens (including phenoxy) is 1. The van der Waals surface area contributed by atoms with Crippen molar-refractivity contribution in [1.29, 1.82) is 0 Å². The zero-order chi connectivity index (χ0) is 19.1. The number of benzene rings is 1. The van der Waals surface area contributed by atoms with Crippen LogP contribution in [0.15, 0.2) is 29.2 Å². The number of hydrogen-bond acceptors (Lipinski definition) is 5. The third-order valence-electron chi connectivity index (χ3n) is 5.68. The average molecular weight is 412 g/mol. The standard InChI is InChI=1S/C19H25NO5S2/c21-26(22)11-9-17(14-26)20(13-18-6-3-10-25-18)27(23,24)19-8-7-15-4-1-2-5-16(15)12-19/h1-2,4-5,12,17-18H,3,6-11,13-14H2/t17-,18+/m1/s1. The maximum absolute atomic E-state index is 13.5. The van der Waals surface area contributed by atoms with E-state index in [1.165, 1.54) is 4.31 Å². The normalized spacial score (nSPS) is 27.5. The Balaban J connectivity index is 1.67. The fraction of sp³-hybridized carbons (Fsp3) is 0.579. The van der Waals surface area contributed by atoms with Gasteiger partial charge in [-0.05, 0) is 49.3 Å². The van der Waals surface area contributed by atoms with Crippen molar-refractivity contribution in [1.82, 2.24) is 4.31 Å². The summed E-state index contributed by atoms with van der Waals surface area (Å²) in [5.41, 5.74) is 2.07. The van der Waals surface area contributed by atoms with Crippen molar-refractivity contribution in [3.63, 3.8) is 0 Å². The van der Waals surface area contributed by atoms with Crippen LogP contribution < -0.4 is 0 Å². The van der Waals surface area contributed by atoms with Crippen LogP contribution in [-0.2, 0) is 31.0 Å². The largest absolute Gasteiger partial charge is 0.377 e. The van der Waals surface area contributed by atoms with Gasteiger partial charge in [-0.1, -0.05) is 24.3 Å². The molecular formula is C19H25NO5S2. The van der Waals surface area contributed by atoms with E-state index in [-0.39, 0.29) is 24.2 Å². The summed E-state index contributed by atoms with van der Waals surface area (Å²) < 4.78 is 58.0. The molecule has 0 N–H and O–H groups in total. The molecular weight excluding hydrogens is 386 g/mol. The lowest BCUT2D eigenvalue weighted by Crippen LogP contribution is -2.45. The number of hydrogen-bond donors (Lipinski definition) is 0. The van der Waals surface area contributed by atoms with E-state index in [0.717, 1.165) is 24.0 Å². The Kier molecular flexibility index (Phi) is 5.18. The number of aryl methyl sites for hydroxylation is 1. The van der Waals surface area contributed by atoms with E-state index in [0.29, 0.717) is 30.8 Å². The number of sulfonamides is 1. The van der Waals surface area contributed by atoms with E-state index in [9.17, 15) is 16.8 Å². The van der Waals surface area contributed by atoms with Crippen LogP contribution >= 0.6 is 0 Å². The molecule has 148 valence electrons. The summed E-state index contributed by atoms with van der Waals surface area (Å²) >= 11 is 0. The molecule has 0 radical (unpaired) electrons. The summed E-state index contributed by atoms with van der Waals surface area (Å²) in [5.74, 6) is -0.0418. The topological polar surface area (TPSA) is 80.8 Å². The van der Waals surface area contributed by atoms with Gasteiger partial charge < -0.3 is 4.74 Å². The van der Waals surface area contributed by atoms with Crippen molar-refractivity contribution in [3.8, 4) is 0 Å². The summed E-state index contributed by atoms with van der Waals surface area (Å²) in [6, 6.07) is 7.30. The fourth-order valence-corrected chi connectivity index (χ4v) is 7.89. The van der Waals surface area contributed by atoms with E-state index >= 15 is 0 Å². The van der Waals surface area contributed by atoms with E-state index in [4.69, 9.17) is 4.74 Å². The molecule has 1 aromatic carbocycles. The predicted octanol–water partition coefficient (Wildman–Crippen LogP) is 1.97. The van der Waals surface area contributed by atoms with Crippen LogP contribution in [0.5, 0.6) is 0 Å². The van der Waals surface area contributed by atoms with Crippen molar-refractivity contribution in [2.24, 2.45) is 0 Å². The maximum atomic E-state index is 13.5. The number of allylic oxidation sites excluding steroid dienone is 1. The minimum absolute atomic E-state index is 0.0527. The van der Waals surface area contributed by atoms with E-state index in [2.05, 4.69) is 0 Å². The highest BCUT2D eigenvalue weighted by atomic mass is 32.2. The summed E-state index contributed by atoms with van der Waals surface area (Å²) in [7, 11) is -6.92. The van der Waals surface area contributed by atoms with Crippen LogP contribution in [0, 0.1) is 0 Å². The van der Waals surface area contributed by atoms with Crippen molar-refractivity contribution in [2.45, 2.75) is 44.2 Å². The number of nitrogens with zero attached hydrogens (tertiary/aromatic N) is 1. The summed E-state index contributed by atoms with van der Waals surface area (Å²) in [6.07, 6.45) is 4.81. The van der Waals surface area contributed by atoms with Crippen molar-refractivity contribution in [3.05, 3.63) is 40.3 Å². The first-order valence-corrected chi connectivity index (χ1v) is 12.7. The quantitative estimate of drug-likeness (QED) is 0.740. The Morgan fingerprint density at radius 3 is 2.67 bits per heavy atom. The molecule has 2 atom stereocenters. The van der Waals surface area contributed by atoms with E-state index < -0.39 is 25.9 Å². The lowest BCUT2D eigenvalue weighted by Gasteiger charge is -2.31. The molecule has 0 spiro atoms. The Morgan fingerprint density at radius 1 is 1.15 bits per heavy atom. The van der Waals surface area contributed by atoms with Crippen LogP contribution in [0.2, 0.25) is 0 Å². The molecule has 3 aliphatic rings. The lowest BCUT2D eigenvalue weighted by molar-refractivity contribution is 0.0879. The highest BCUT2D eigenvalue weighted by Crippen LogP contribution is 2.32. The molecule has 2 fully saturated rings. The van der Waals surface area contributed by atoms with Gasteiger partial charge >= 0.3 is 0 Å². The summed E-state index contributed by atoms with van der Waals surface area (Å²) in [6.45, 7) is 0.874. The van der Waals surface area contributed by atoms with Gasteiger partial charge in [0.05, 0.1) is 22.5 Å². The monoisotopic (exact) mass is 411 g/mol. The van der Waals surface area contributed by atoms with Gasteiger partial charge in [0.1, 0.15) is 0 Å². The van der Waals surface area contributed by atoms with Gasteiger partial charge in [0.15, 0.2) is 9.84 Å². The SMILES string of the molecule is O=S1(=O)CC[C@@H](N(C[C@@H]2CCCO2)S(=O)(=O)C2=Cc3ccccc3CC2)C1. The smallest absolute Gasteiger partial charge is 0.239 e. The predicted molar refractivity (Wildman–Crippen MR) is 104 cm³/mol. The molecule has 0 unspecified atom stereocenters. The van der Waals surface area contributed by atoms with Gasteiger partial charge in [-0.2, -0.15) is 4.31 Å². The van der Waals surface area contributed by atoms with Crippen molar-refractivity contribution < 1.29 is 21.6 Å². The van der Waals surface area contributed by atoms with Gasteiger partial charge in [0.25, 0.3) is 0 Å². The number of sulfone groups is 1. The first-order chi connectivity index (χ1) is 12.9. The molecule has 1 aliphatic carbocycles. The second kappa shape index (κ2) is 7.31. The molecule has 2 aliphatic heterocycles. The van der Waals surface area contributed by atoms with E-state index in [1.807, 2.05) is 24.3 Å². The molecule has 0 aromatic heterocycles. The Hall–Kier alpha value is -1.22. The second-order valence-electron chi connectivity index (χ2n) is 7.58. The third kappa shape index (κ3) is 3.99. The summed E-state index contributed by atoms with van der Waals surface area (Å²) in [5, 5.41) is 0. The van der Waals surface area contributed by atoms with Gasteiger partial charge in [-0.3, -0.25) is 0 Å². The maximum Gasteiger partial charge on any atom is 0.239 e. The van der Waals surface area contributed by atoms with Crippen LogP contribution in [0.4, 0.5) is 0 Å². The highest BCUT2D eigenvalue weighted by molar-refractivity contribution is 7.93.